The summed E-state index contributed by atoms with van der Waals surface area (Å²) in [4.78, 5) is 18.6. The lowest BCUT2D eigenvalue weighted by atomic mass is 10.2. The molecule has 0 amide bonds. The summed E-state index contributed by atoms with van der Waals surface area (Å²) in [5.74, 6) is 0.935. The fourth-order valence-corrected chi connectivity index (χ4v) is 3.94. The minimum atomic E-state index is 0.467. The predicted octanol–water partition coefficient (Wildman–Crippen LogP) is 6.40. The Hall–Kier alpha value is -4.58. The van der Waals surface area contributed by atoms with Gasteiger partial charge in [-0.1, -0.05) is 48.5 Å². The Morgan fingerprint density at radius 1 is 0.438 bits per heavy atom. The number of benzene rings is 3. The van der Waals surface area contributed by atoms with Crippen LogP contribution in [0.15, 0.2) is 93.8 Å². The number of para-hydroxylation sites is 2. The maximum Gasteiger partial charge on any atom is 0.246 e. The molecule has 0 aliphatic carbocycles. The molecule has 150 valence electrons. The van der Waals surface area contributed by atoms with Crippen molar-refractivity contribution in [2.45, 2.75) is 0 Å². The van der Waals surface area contributed by atoms with Gasteiger partial charge in [0.2, 0.25) is 11.8 Å². The van der Waals surface area contributed by atoms with E-state index in [9.17, 15) is 0 Å². The van der Waals surface area contributed by atoms with Crippen LogP contribution in [0.1, 0.15) is 0 Å². The summed E-state index contributed by atoms with van der Waals surface area (Å²) in [6, 6.07) is 27.5. The first-order valence-corrected chi connectivity index (χ1v) is 10.2. The SMILES string of the molecule is c1ccc2nc(-c3nc4cc5oc(-c6ccc7ccccc7n6)nc5cc4o3)ccc2c1. The van der Waals surface area contributed by atoms with E-state index >= 15 is 0 Å². The first kappa shape index (κ1) is 17.1. The Balaban J connectivity index is 1.32. The van der Waals surface area contributed by atoms with Gasteiger partial charge in [-0.15, -0.1) is 0 Å². The number of oxazole rings is 2. The summed E-state index contributed by atoms with van der Waals surface area (Å²) in [6.07, 6.45) is 0. The van der Waals surface area contributed by atoms with Crippen LogP contribution in [-0.2, 0) is 0 Å². The molecule has 4 heterocycles. The van der Waals surface area contributed by atoms with Crippen molar-refractivity contribution in [3.63, 3.8) is 0 Å². The van der Waals surface area contributed by atoms with Gasteiger partial charge >= 0.3 is 0 Å². The molecule has 3 aromatic carbocycles. The van der Waals surface area contributed by atoms with E-state index in [-0.39, 0.29) is 0 Å². The van der Waals surface area contributed by atoms with Gasteiger partial charge in [0.1, 0.15) is 22.4 Å². The van der Waals surface area contributed by atoms with Crippen LogP contribution in [0.4, 0.5) is 0 Å². The molecule has 0 aliphatic rings. The highest BCUT2D eigenvalue weighted by molar-refractivity contribution is 5.91. The molecule has 32 heavy (non-hydrogen) atoms. The van der Waals surface area contributed by atoms with E-state index in [2.05, 4.69) is 19.9 Å². The van der Waals surface area contributed by atoms with Gasteiger partial charge in [-0.2, -0.15) is 0 Å². The maximum atomic E-state index is 6.01. The Morgan fingerprint density at radius 2 is 0.906 bits per heavy atom. The largest absolute Gasteiger partial charge is 0.435 e. The molecule has 7 rings (SSSR count). The van der Waals surface area contributed by atoms with Crippen molar-refractivity contribution in [3.8, 4) is 23.2 Å². The van der Waals surface area contributed by atoms with E-state index in [0.29, 0.717) is 45.4 Å². The van der Waals surface area contributed by atoms with Crippen molar-refractivity contribution < 1.29 is 8.83 Å². The van der Waals surface area contributed by atoms with Crippen LogP contribution in [-0.4, -0.2) is 19.9 Å². The number of aromatic nitrogens is 4. The number of hydrogen-bond acceptors (Lipinski definition) is 6. The zero-order valence-electron chi connectivity index (χ0n) is 16.7. The van der Waals surface area contributed by atoms with E-state index in [0.717, 1.165) is 21.8 Å². The van der Waals surface area contributed by atoms with E-state index in [1.54, 1.807) is 0 Å². The molecule has 0 fully saturated rings. The molecule has 0 radical (unpaired) electrons. The lowest BCUT2D eigenvalue weighted by molar-refractivity contribution is 0.615. The van der Waals surface area contributed by atoms with Crippen molar-refractivity contribution in [2.75, 3.05) is 0 Å². The molecule has 6 heteroatoms. The molecule has 0 unspecified atom stereocenters. The third kappa shape index (κ3) is 2.66. The summed E-state index contributed by atoms with van der Waals surface area (Å²) >= 11 is 0. The molecule has 4 aromatic heterocycles. The number of fused-ring (bicyclic) bond motifs is 4. The van der Waals surface area contributed by atoms with E-state index < -0.39 is 0 Å². The second-order valence-electron chi connectivity index (χ2n) is 7.60. The highest BCUT2D eigenvalue weighted by Crippen LogP contribution is 2.31. The van der Waals surface area contributed by atoms with Crippen molar-refractivity contribution in [2.24, 2.45) is 0 Å². The van der Waals surface area contributed by atoms with Crippen LogP contribution < -0.4 is 0 Å². The van der Waals surface area contributed by atoms with Crippen LogP contribution in [0.25, 0.3) is 67.2 Å². The monoisotopic (exact) mass is 414 g/mol. The van der Waals surface area contributed by atoms with Crippen molar-refractivity contribution >= 4 is 44.0 Å². The maximum absolute atomic E-state index is 6.01. The van der Waals surface area contributed by atoms with Crippen molar-refractivity contribution in [3.05, 3.63) is 84.9 Å². The molecule has 0 bridgehead atoms. The summed E-state index contributed by atoms with van der Waals surface area (Å²) in [5.41, 5.74) is 5.82. The van der Waals surface area contributed by atoms with Gasteiger partial charge in [0.25, 0.3) is 0 Å². The van der Waals surface area contributed by atoms with Gasteiger partial charge in [0.05, 0.1) is 11.0 Å². The molecule has 0 saturated carbocycles. The molecule has 6 nitrogen and oxygen atoms in total. The lowest BCUT2D eigenvalue weighted by Gasteiger charge is -1.98. The first-order valence-electron chi connectivity index (χ1n) is 10.2. The minimum absolute atomic E-state index is 0.467. The highest BCUT2D eigenvalue weighted by Gasteiger charge is 2.15. The molecule has 0 atom stereocenters. The number of pyridine rings is 2. The third-order valence-electron chi connectivity index (χ3n) is 5.53. The second kappa shape index (κ2) is 6.46. The lowest BCUT2D eigenvalue weighted by Crippen LogP contribution is -1.84. The zero-order chi connectivity index (χ0) is 21.1. The molecular weight excluding hydrogens is 400 g/mol. The Morgan fingerprint density at radius 3 is 1.41 bits per heavy atom. The van der Waals surface area contributed by atoms with Gasteiger partial charge in [-0.3, -0.25) is 0 Å². The molecule has 0 aliphatic heterocycles. The van der Waals surface area contributed by atoms with Gasteiger partial charge in [0.15, 0.2) is 11.2 Å². The Bertz CT molecular complexity index is 1620. The van der Waals surface area contributed by atoms with Crippen LogP contribution in [0, 0.1) is 0 Å². The quantitative estimate of drug-likeness (QED) is 0.326. The van der Waals surface area contributed by atoms with E-state index in [4.69, 9.17) is 8.83 Å². The van der Waals surface area contributed by atoms with Crippen molar-refractivity contribution in [1.82, 2.24) is 19.9 Å². The van der Waals surface area contributed by atoms with E-state index in [1.807, 2.05) is 84.9 Å². The number of nitrogens with zero attached hydrogens (tertiary/aromatic N) is 4. The summed E-state index contributed by atoms with van der Waals surface area (Å²) in [7, 11) is 0. The van der Waals surface area contributed by atoms with Crippen LogP contribution >= 0.6 is 0 Å². The van der Waals surface area contributed by atoms with Gasteiger partial charge in [0, 0.05) is 22.9 Å². The normalized spacial score (nSPS) is 11.8. The zero-order valence-corrected chi connectivity index (χ0v) is 16.7. The molecule has 0 spiro atoms. The molecular formula is C26H14N4O2. The van der Waals surface area contributed by atoms with Gasteiger partial charge in [-0.25, -0.2) is 19.9 Å². The second-order valence-corrected chi connectivity index (χ2v) is 7.60. The van der Waals surface area contributed by atoms with Gasteiger partial charge < -0.3 is 8.83 Å². The summed E-state index contributed by atoms with van der Waals surface area (Å²) < 4.78 is 12.0. The predicted molar refractivity (Wildman–Crippen MR) is 123 cm³/mol. The highest BCUT2D eigenvalue weighted by atomic mass is 16.4. The van der Waals surface area contributed by atoms with Crippen LogP contribution in [0.5, 0.6) is 0 Å². The smallest absolute Gasteiger partial charge is 0.246 e. The summed E-state index contributed by atoms with van der Waals surface area (Å²) in [6.45, 7) is 0. The average molecular weight is 414 g/mol. The number of hydrogen-bond donors (Lipinski definition) is 0. The third-order valence-corrected chi connectivity index (χ3v) is 5.53. The number of rotatable bonds is 2. The topological polar surface area (TPSA) is 77.8 Å². The summed E-state index contributed by atoms with van der Waals surface area (Å²) in [5, 5.41) is 2.15. The average Bonchev–Trinajstić information content (AvgIpc) is 3.45. The fraction of sp³-hybridized carbons (Fsp3) is 0. The van der Waals surface area contributed by atoms with E-state index in [1.165, 1.54) is 0 Å². The standard InChI is InChI=1S/C26H14N4O2/c1-3-7-17-15(5-1)9-11-19(27-17)25-29-21-13-24-22(14-23(21)31-25)30-26(32-24)20-12-10-16-6-2-4-8-18(16)28-20/h1-14H. The molecule has 0 saturated heterocycles. The first-order chi connectivity index (χ1) is 15.8. The fourth-order valence-electron chi connectivity index (χ4n) is 3.94. The van der Waals surface area contributed by atoms with Crippen LogP contribution in [0.2, 0.25) is 0 Å². The minimum Gasteiger partial charge on any atom is -0.435 e. The van der Waals surface area contributed by atoms with Crippen LogP contribution in [0.3, 0.4) is 0 Å². The Kier molecular flexibility index (Phi) is 3.46. The van der Waals surface area contributed by atoms with Crippen molar-refractivity contribution in [1.29, 1.82) is 0 Å². The Labute approximate surface area is 181 Å². The molecule has 0 N–H and O–H groups in total. The molecule has 7 aromatic rings. The van der Waals surface area contributed by atoms with Gasteiger partial charge in [-0.05, 0) is 24.3 Å².